The lowest BCUT2D eigenvalue weighted by molar-refractivity contribution is -0.128. The highest BCUT2D eigenvalue weighted by Gasteiger charge is 2.21. The van der Waals surface area contributed by atoms with Gasteiger partial charge in [0.1, 0.15) is 5.75 Å². The lowest BCUT2D eigenvalue weighted by Crippen LogP contribution is -2.46. The molecule has 4 nitrogen and oxygen atoms in total. The third-order valence-corrected chi connectivity index (χ3v) is 2.70. The minimum atomic E-state index is -0.611. The summed E-state index contributed by atoms with van der Waals surface area (Å²) in [6.45, 7) is 7.86. The van der Waals surface area contributed by atoms with Crippen molar-refractivity contribution in [3.05, 3.63) is 28.8 Å². The number of carbonyl (C=O) groups excluding carboxylic acids is 1. The molecule has 1 aromatic carbocycles. The van der Waals surface area contributed by atoms with E-state index in [2.05, 4.69) is 5.32 Å². The van der Waals surface area contributed by atoms with Crippen LogP contribution in [0.15, 0.2) is 18.2 Å². The molecule has 0 saturated heterocycles. The smallest absolute Gasteiger partial charge is 0.261 e. The molecule has 0 aliphatic rings. The van der Waals surface area contributed by atoms with Gasteiger partial charge in [-0.1, -0.05) is 17.7 Å². The van der Waals surface area contributed by atoms with Crippen LogP contribution in [0.2, 0.25) is 5.02 Å². The first kappa shape index (κ1) is 15.8. The number of hydrogen-bond acceptors (Lipinski definition) is 3. The summed E-state index contributed by atoms with van der Waals surface area (Å²) in [6, 6.07) is 5.30. The molecule has 1 atom stereocenters. The van der Waals surface area contributed by atoms with Crippen LogP contribution in [-0.4, -0.2) is 17.6 Å². The van der Waals surface area contributed by atoms with Gasteiger partial charge >= 0.3 is 0 Å². The standard InChI is InChI=1S/C14H21ClN2O2/c1-9(13(18)17-14(2,3)4)19-12-6-5-10(8-16)7-11(12)15/h5-7,9H,8,16H2,1-4H3,(H,17,18). The number of carbonyl (C=O) groups is 1. The van der Waals surface area contributed by atoms with Gasteiger partial charge in [0.05, 0.1) is 5.02 Å². The second kappa shape index (κ2) is 6.26. The molecular weight excluding hydrogens is 264 g/mol. The third-order valence-electron chi connectivity index (χ3n) is 2.40. The van der Waals surface area contributed by atoms with Gasteiger partial charge in [-0.05, 0) is 45.4 Å². The van der Waals surface area contributed by atoms with Crippen LogP contribution in [0.1, 0.15) is 33.3 Å². The molecule has 0 fully saturated rings. The Morgan fingerprint density at radius 3 is 2.58 bits per heavy atom. The van der Waals surface area contributed by atoms with Gasteiger partial charge in [-0.15, -0.1) is 0 Å². The van der Waals surface area contributed by atoms with Crippen molar-refractivity contribution in [3.8, 4) is 5.75 Å². The Morgan fingerprint density at radius 2 is 2.11 bits per heavy atom. The fourth-order valence-electron chi connectivity index (χ4n) is 1.48. The molecule has 0 spiro atoms. The van der Waals surface area contributed by atoms with Crippen LogP contribution in [-0.2, 0) is 11.3 Å². The quantitative estimate of drug-likeness (QED) is 0.893. The summed E-state index contributed by atoms with van der Waals surface area (Å²) in [7, 11) is 0. The normalized spacial score (nSPS) is 12.9. The molecule has 0 radical (unpaired) electrons. The summed E-state index contributed by atoms with van der Waals surface area (Å²) in [5.74, 6) is 0.307. The summed E-state index contributed by atoms with van der Waals surface area (Å²) >= 11 is 6.08. The number of ether oxygens (including phenoxy) is 1. The lowest BCUT2D eigenvalue weighted by atomic mass is 10.1. The Bertz CT molecular complexity index is 455. The van der Waals surface area contributed by atoms with Gasteiger partial charge in [-0.2, -0.15) is 0 Å². The number of rotatable bonds is 4. The summed E-state index contributed by atoms with van der Waals surface area (Å²) in [4.78, 5) is 11.9. The van der Waals surface area contributed by atoms with Gasteiger partial charge in [-0.3, -0.25) is 4.79 Å². The minimum absolute atomic E-state index is 0.175. The molecule has 1 unspecified atom stereocenters. The van der Waals surface area contributed by atoms with Gasteiger partial charge < -0.3 is 15.8 Å². The van der Waals surface area contributed by atoms with E-state index in [1.165, 1.54) is 0 Å². The van der Waals surface area contributed by atoms with Crippen LogP contribution in [0.4, 0.5) is 0 Å². The van der Waals surface area contributed by atoms with Crippen LogP contribution in [0, 0.1) is 0 Å². The fourth-order valence-corrected chi connectivity index (χ4v) is 1.73. The van der Waals surface area contributed by atoms with Gasteiger partial charge in [0.2, 0.25) is 0 Å². The number of halogens is 1. The molecule has 1 rings (SSSR count). The van der Waals surface area contributed by atoms with Crippen molar-refractivity contribution in [3.63, 3.8) is 0 Å². The van der Waals surface area contributed by atoms with Gasteiger partial charge in [0.15, 0.2) is 6.10 Å². The van der Waals surface area contributed by atoms with Crippen molar-refractivity contribution in [2.75, 3.05) is 0 Å². The van der Waals surface area contributed by atoms with Gasteiger partial charge in [-0.25, -0.2) is 0 Å². The number of nitrogens with two attached hydrogens (primary N) is 1. The van der Waals surface area contributed by atoms with Gasteiger partial charge in [0, 0.05) is 12.1 Å². The first-order valence-corrected chi connectivity index (χ1v) is 6.58. The van der Waals surface area contributed by atoms with Gasteiger partial charge in [0.25, 0.3) is 5.91 Å². The maximum Gasteiger partial charge on any atom is 0.261 e. The molecule has 0 aromatic heterocycles. The zero-order chi connectivity index (χ0) is 14.6. The van der Waals surface area contributed by atoms with Crippen molar-refractivity contribution < 1.29 is 9.53 Å². The molecule has 1 amide bonds. The topological polar surface area (TPSA) is 64.3 Å². The molecule has 0 saturated carbocycles. The van der Waals surface area contributed by atoms with E-state index in [1.807, 2.05) is 26.8 Å². The molecule has 0 aliphatic heterocycles. The van der Waals surface area contributed by atoms with Crippen molar-refractivity contribution in [1.82, 2.24) is 5.32 Å². The number of benzene rings is 1. The second-order valence-corrected chi connectivity index (χ2v) is 5.88. The first-order valence-electron chi connectivity index (χ1n) is 6.20. The Labute approximate surface area is 119 Å². The summed E-state index contributed by atoms with van der Waals surface area (Å²) in [6.07, 6.45) is -0.611. The lowest BCUT2D eigenvalue weighted by Gasteiger charge is -2.24. The highest BCUT2D eigenvalue weighted by atomic mass is 35.5. The van der Waals surface area contributed by atoms with E-state index >= 15 is 0 Å². The third kappa shape index (κ3) is 5.09. The largest absolute Gasteiger partial charge is 0.479 e. The van der Waals surface area contributed by atoms with Crippen molar-refractivity contribution >= 4 is 17.5 Å². The summed E-state index contributed by atoms with van der Waals surface area (Å²) in [5, 5.41) is 3.31. The molecule has 19 heavy (non-hydrogen) atoms. The molecule has 3 N–H and O–H groups in total. The fraction of sp³-hybridized carbons (Fsp3) is 0.500. The Hall–Kier alpha value is -1.26. The van der Waals surface area contributed by atoms with E-state index in [9.17, 15) is 4.79 Å². The Kier molecular flexibility index (Phi) is 5.20. The van der Waals surface area contributed by atoms with E-state index in [1.54, 1.807) is 19.1 Å². The average molecular weight is 285 g/mol. The molecule has 5 heteroatoms. The van der Waals surface area contributed by atoms with E-state index in [-0.39, 0.29) is 11.4 Å². The number of hydrogen-bond donors (Lipinski definition) is 2. The second-order valence-electron chi connectivity index (χ2n) is 5.47. The zero-order valence-electron chi connectivity index (χ0n) is 11.8. The minimum Gasteiger partial charge on any atom is -0.479 e. The number of amides is 1. The summed E-state index contributed by atoms with van der Waals surface area (Å²) in [5.41, 5.74) is 6.15. The zero-order valence-corrected chi connectivity index (χ0v) is 12.5. The Balaban J connectivity index is 2.71. The van der Waals surface area contributed by atoms with E-state index < -0.39 is 6.10 Å². The van der Waals surface area contributed by atoms with Crippen LogP contribution in [0.25, 0.3) is 0 Å². The summed E-state index contributed by atoms with van der Waals surface area (Å²) < 4.78 is 5.57. The van der Waals surface area contributed by atoms with E-state index in [0.717, 1.165) is 5.56 Å². The Morgan fingerprint density at radius 1 is 1.47 bits per heavy atom. The molecule has 0 aliphatic carbocycles. The maximum atomic E-state index is 11.9. The van der Waals surface area contributed by atoms with E-state index in [0.29, 0.717) is 17.3 Å². The van der Waals surface area contributed by atoms with Crippen LogP contribution in [0.5, 0.6) is 5.75 Å². The first-order chi connectivity index (χ1) is 8.73. The van der Waals surface area contributed by atoms with Crippen LogP contribution in [0.3, 0.4) is 0 Å². The maximum absolute atomic E-state index is 11.9. The molecule has 1 aromatic rings. The van der Waals surface area contributed by atoms with Crippen molar-refractivity contribution in [1.29, 1.82) is 0 Å². The average Bonchev–Trinajstić information content (AvgIpc) is 2.29. The molecule has 106 valence electrons. The molecular formula is C14H21ClN2O2. The highest BCUT2D eigenvalue weighted by Crippen LogP contribution is 2.26. The highest BCUT2D eigenvalue weighted by molar-refractivity contribution is 6.32. The predicted octanol–water partition coefficient (Wildman–Crippen LogP) is 2.48. The van der Waals surface area contributed by atoms with Crippen molar-refractivity contribution in [2.45, 2.75) is 45.9 Å². The predicted molar refractivity (Wildman–Crippen MR) is 77.3 cm³/mol. The van der Waals surface area contributed by atoms with Crippen molar-refractivity contribution in [2.24, 2.45) is 5.73 Å². The molecule has 0 heterocycles. The van der Waals surface area contributed by atoms with E-state index in [4.69, 9.17) is 22.1 Å². The van der Waals surface area contributed by atoms with Crippen LogP contribution < -0.4 is 15.8 Å². The number of nitrogens with one attached hydrogen (secondary N) is 1. The van der Waals surface area contributed by atoms with Crippen LogP contribution >= 0.6 is 11.6 Å². The molecule has 0 bridgehead atoms. The SMILES string of the molecule is CC(Oc1ccc(CN)cc1Cl)C(=O)NC(C)(C)C. The monoisotopic (exact) mass is 284 g/mol.